The van der Waals surface area contributed by atoms with Crippen LogP contribution in [-0.2, 0) is 0 Å². The molecule has 0 bridgehead atoms. The normalized spacial score (nSPS) is 10.5. The van der Waals surface area contributed by atoms with Gasteiger partial charge >= 0.3 is 0 Å². The van der Waals surface area contributed by atoms with E-state index < -0.39 is 0 Å². The molecule has 0 fully saturated rings. The number of anilines is 1. The number of amides is 1. The van der Waals surface area contributed by atoms with Gasteiger partial charge in [0.2, 0.25) is 0 Å². The molecule has 1 aromatic heterocycles. The number of para-hydroxylation sites is 3. The number of benzene rings is 2. The molecule has 0 radical (unpaired) electrons. The van der Waals surface area contributed by atoms with Gasteiger partial charge in [-0.15, -0.1) is 0 Å². The predicted octanol–water partition coefficient (Wildman–Crippen LogP) is 4.19. The number of fused-ring (bicyclic) bond motifs is 1. The van der Waals surface area contributed by atoms with Crippen LogP contribution in [0.3, 0.4) is 0 Å². The molecule has 0 aliphatic heterocycles. The van der Waals surface area contributed by atoms with Crippen LogP contribution in [0.2, 0.25) is 0 Å². The zero-order valence-corrected chi connectivity index (χ0v) is 13.2. The van der Waals surface area contributed by atoms with Crippen LogP contribution in [0.15, 0.2) is 54.6 Å². The highest BCUT2D eigenvalue weighted by Crippen LogP contribution is 2.25. The van der Waals surface area contributed by atoms with Gasteiger partial charge in [0.25, 0.3) is 5.91 Å². The number of aryl methyl sites for hydroxylation is 1. The van der Waals surface area contributed by atoms with Gasteiger partial charge in [0.05, 0.1) is 23.4 Å². The van der Waals surface area contributed by atoms with Crippen molar-refractivity contribution in [3.05, 3.63) is 65.9 Å². The van der Waals surface area contributed by atoms with Crippen molar-refractivity contribution >= 4 is 22.5 Å². The number of carbonyl (C=O) groups excluding carboxylic acids is 1. The zero-order chi connectivity index (χ0) is 16.2. The lowest BCUT2D eigenvalue weighted by atomic mass is 10.1. The Morgan fingerprint density at radius 2 is 1.87 bits per heavy atom. The van der Waals surface area contributed by atoms with Crippen molar-refractivity contribution in [3.8, 4) is 5.75 Å². The van der Waals surface area contributed by atoms with Crippen molar-refractivity contribution in [2.24, 2.45) is 0 Å². The number of nitrogens with one attached hydrogen (secondary N) is 1. The summed E-state index contributed by atoms with van der Waals surface area (Å²) in [7, 11) is 0. The number of hydrogen-bond donors (Lipinski definition) is 1. The molecule has 3 rings (SSSR count). The highest BCUT2D eigenvalue weighted by molar-refractivity contribution is 6.12. The molecule has 0 aliphatic carbocycles. The zero-order valence-electron chi connectivity index (χ0n) is 13.2. The number of nitrogens with zero attached hydrogens (tertiary/aromatic N) is 1. The second-order valence-electron chi connectivity index (χ2n) is 5.21. The predicted molar refractivity (Wildman–Crippen MR) is 92.0 cm³/mol. The van der Waals surface area contributed by atoms with E-state index in [4.69, 9.17) is 4.74 Å². The van der Waals surface area contributed by atoms with Crippen LogP contribution >= 0.6 is 0 Å². The SMILES string of the molecule is CCOc1ccccc1NC(=O)c1cc(C)nc2ccccc12. The maximum Gasteiger partial charge on any atom is 0.256 e. The molecule has 0 unspecified atom stereocenters. The molecule has 0 saturated heterocycles. The average Bonchev–Trinajstić information content (AvgIpc) is 2.56. The third-order valence-corrected chi connectivity index (χ3v) is 3.52. The second-order valence-corrected chi connectivity index (χ2v) is 5.21. The minimum absolute atomic E-state index is 0.168. The quantitative estimate of drug-likeness (QED) is 0.786. The van der Waals surface area contributed by atoms with Crippen molar-refractivity contribution in [2.75, 3.05) is 11.9 Å². The average molecular weight is 306 g/mol. The highest BCUT2D eigenvalue weighted by atomic mass is 16.5. The fourth-order valence-corrected chi connectivity index (χ4v) is 2.54. The Balaban J connectivity index is 1.99. The Morgan fingerprint density at radius 1 is 1.13 bits per heavy atom. The van der Waals surface area contributed by atoms with Gasteiger partial charge in [-0.25, -0.2) is 0 Å². The summed E-state index contributed by atoms with van der Waals surface area (Å²) in [5.74, 6) is 0.497. The fraction of sp³-hybridized carbons (Fsp3) is 0.158. The van der Waals surface area contributed by atoms with Crippen molar-refractivity contribution in [2.45, 2.75) is 13.8 Å². The molecule has 3 aromatic rings. The Morgan fingerprint density at radius 3 is 2.70 bits per heavy atom. The summed E-state index contributed by atoms with van der Waals surface area (Å²) in [4.78, 5) is 17.2. The van der Waals surface area contributed by atoms with Gasteiger partial charge in [-0.3, -0.25) is 9.78 Å². The van der Waals surface area contributed by atoms with Crippen molar-refractivity contribution in [1.82, 2.24) is 4.98 Å². The lowest BCUT2D eigenvalue weighted by molar-refractivity contribution is 0.102. The van der Waals surface area contributed by atoms with Gasteiger partial charge < -0.3 is 10.1 Å². The summed E-state index contributed by atoms with van der Waals surface area (Å²) < 4.78 is 5.56. The smallest absolute Gasteiger partial charge is 0.256 e. The van der Waals surface area contributed by atoms with Crippen LogP contribution in [0, 0.1) is 6.92 Å². The molecule has 4 nitrogen and oxygen atoms in total. The molecule has 0 atom stereocenters. The maximum absolute atomic E-state index is 12.7. The van der Waals surface area contributed by atoms with Crippen LogP contribution in [0.4, 0.5) is 5.69 Å². The Kier molecular flexibility index (Phi) is 4.24. The largest absolute Gasteiger partial charge is 0.492 e. The molecular weight excluding hydrogens is 288 g/mol. The summed E-state index contributed by atoms with van der Waals surface area (Å²) in [5.41, 5.74) is 2.90. The maximum atomic E-state index is 12.7. The molecule has 1 amide bonds. The summed E-state index contributed by atoms with van der Waals surface area (Å²) in [6.45, 7) is 4.35. The van der Waals surface area contributed by atoms with E-state index in [1.165, 1.54) is 0 Å². The number of ether oxygens (including phenoxy) is 1. The molecule has 0 aliphatic rings. The standard InChI is InChI=1S/C19H18N2O2/c1-3-23-18-11-7-6-10-17(18)21-19(22)15-12-13(2)20-16-9-5-4-8-14(15)16/h4-12H,3H2,1-2H3,(H,21,22). The molecule has 4 heteroatoms. The number of pyridine rings is 1. The third-order valence-electron chi connectivity index (χ3n) is 3.52. The van der Waals surface area contributed by atoms with Crippen molar-refractivity contribution in [3.63, 3.8) is 0 Å². The monoisotopic (exact) mass is 306 g/mol. The van der Waals surface area contributed by atoms with E-state index in [-0.39, 0.29) is 5.91 Å². The van der Waals surface area contributed by atoms with E-state index in [0.29, 0.717) is 23.6 Å². The van der Waals surface area contributed by atoms with Crippen LogP contribution < -0.4 is 10.1 Å². The highest BCUT2D eigenvalue weighted by Gasteiger charge is 2.14. The van der Waals surface area contributed by atoms with Gasteiger partial charge in [0.15, 0.2) is 0 Å². The van der Waals surface area contributed by atoms with Gasteiger partial charge in [0.1, 0.15) is 5.75 Å². The van der Waals surface area contributed by atoms with Crippen LogP contribution in [-0.4, -0.2) is 17.5 Å². The first-order chi connectivity index (χ1) is 11.2. The van der Waals surface area contributed by atoms with Gasteiger partial charge in [-0.05, 0) is 38.1 Å². The number of aromatic nitrogens is 1. The molecule has 116 valence electrons. The Bertz CT molecular complexity index is 859. The number of rotatable bonds is 4. The molecule has 23 heavy (non-hydrogen) atoms. The topological polar surface area (TPSA) is 51.2 Å². The lowest BCUT2D eigenvalue weighted by Gasteiger charge is -2.12. The van der Waals surface area contributed by atoms with E-state index in [1.807, 2.05) is 62.4 Å². The van der Waals surface area contributed by atoms with Crippen LogP contribution in [0.25, 0.3) is 10.9 Å². The minimum Gasteiger partial charge on any atom is -0.492 e. The van der Waals surface area contributed by atoms with Crippen molar-refractivity contribution < 1.29 is 9.53 Å². The molecule has 1 heterocycles. The first-order valence-corrected chi connectivity index (χ1v) is 7.58. The van der Waals surface area contributed by atoms with E-state index in [1.54, 1.807) is 6.07 Å². The van der Waals surface area contributed by atoms with Crippen LogP contribution in [0.1, 0.15) is 23.0 Å². The fourth-order valence-electron chi connectivity index (χ4n) is 2.54. The molecule has 2 aromatic carbocycles. The van der Waals surface area contributed by atoms with Crippen LogP contribution in [0.5, 0.6) is 5.75 Å². The Hall–Kier alpha value is -2.88. The summed E-state index contributed by atoms with van der Waals surface area (Å²) in [6.07, 6.45) is 0. The Labute approximate surface area is 135 Å². The van der Waals surface area contributed by atoms with E-state index >= 15 is 0 Å². The van der Waals surface area contributed by atoms with Crippen molar-refractivity contribution in [1.29, 1.82) is 0 Å². The lowest BCUT2D eigenvalue weighted by Crippen LogP contribution is -2.14. The van der Waals surface area contributed by atoms with E-state index in [2.05, 4.69) is 10.3 Å². The summed E-state index contributed by atoms with van der Waals surface area (Å²) in [6, 6.07) is 16.9. The first kappa shape index (κ1) is 15.0. The second kappa shape index (κ2) is 6.48. The third kappa shape index (κ3) is 3.16. The molecule has 1 N–H and O–H groups in total. The molecular formula is C19H18N2O2. The van der Waals surface area contributed by atoms with E-state index in [0.717, 1.165) is 16.6 Å². The van der Waals surface area contributed by atoms with Gasteiger partial charge in [0, 0.05) is 11.1 Å². The van der Waals surface area contributed by atoms with E-state index in [9.17, 15) is 4.79 Å². The first-order valence-electron chi connectivity index (χ1n) is 7.58. The molecule has 0 saturated carbocycles. The minimum atomic E-state index is -0.168. The van der Waals surface area contributed by atoms with Gasteiger partial charge in [-0.1, -0.05) is 30.3 Å². The number of hydrogen-bond acceptors (Lipinski definition) is 3. The van der Waals surface area contributed by atoms with Gasteiger partial charge in [-0.2, -0.15) is 0 Å². The number of carbonyl (C=O) groups is 1. The summed E-state index contributed by atoms with van der Waals surface area (Å²) >= 11 is 0. The molecule has 0 spiro atoms. The summed E-state index contributed by atoms with van der Waals surface area (Å²) in [5, 5.41) is 3.78.